The number of aliphatic hydroxyl groups excluding tert-OH is 1. The molecule has 3 unspecified atom stereocenters. The lowest BCUT2D eigenvalue weighted by Crippen LogP contribution is -2.30. The van der Waals surface area contributed by atoms with Crippen LogP contribution in [0.15, 0.2) is 60.8 Å². The van der Waals surface area contributed by atoms with E-state index in [9.17, 15) is 28.9 Å². The number of unbranched alkanes of at least 4 members (excludes halogenated alkanes) is 35. The normalized spacial score (nSPS) is 13.6. The Morgan fingerprint density at radius 3 is 1.00 bits per heavy atom. The van der Waals surface area contributed by atoms with Gasteiger partial charge in [0.25, 0.3) is 0 Å². The molecule has 2 N–H and O–H groups in total. The van der Waals surface area contributed by atoms with E-state index in [4.69, 9.17) is 23.3 Å². The monoisotopic (exact) mass is 1150 g/mol. The van der Waals surface area contributed by atoms with Crippen LogP contribution in [-0.2, 0) is 42.2 Å². The van der Waals surface area contributed by atoms with Gasteiger partial charge in [-0.05, 0) is 64.2 Å². The summed E-state index contributed by atoms with van der Waals surface area (Å²) in [5.74, 6) is -1.48. The predicted molar refractivity (Wildman–Crippen MR) is 335 cm³/mol. The zero-order valence-electron chi connectivity index (χ0n) is 51.8. The molecule has 0 aliphatic heterocycles. The Morgan fingerprint density at radius 1 is 0.362 bits per heavy atom. The van der Waals surface area contributed by atoms with Crippen LogP contribution in [0.5, 0.6) is 0 Å². The topological polar surface area (TPSA) is 155 Å². The van der Waals surface area contributed by atoms with Crippen molar-refractivity contribution in [2.24, 2.45) is 0 Å². The van der Waals surface area contributed by atoms with Crippen LogP contribution in [0.25, 0.3) is 0 Å². The zero-order valence-corrected chi connectivity index (χ0v) is 52.7. The molecule has 0 radical (unpaired) electrons. The number of allylic oxidation sites excluding steroid dienone is 10. The second-order valence-corrected chi connectivity index (χ2v) is 23.7. The summed E-state index contributed by atoms with van der Waals surface area (Å²) in [5, 5.41) is 9.86. The van der Waals surface area contributed by atoms with E-state index in [1.54, 1.807) is 0 Å². The highest BCUT2D eigenvalue weighted by Gasteiger charge is 2.28. The molecule has 0 aromatic rings. The van der Waals surface area contributed by atoms with Gasteiger partial charge < -0.3 is 24.2 Å². The molecule has 12 heteroatoms. The average Bonchev–Trinajstić information content (AvgIpc) is 3.45. The van der Waals surface area contributed by atoms with Crippen LogP contribution in [0.2, 0.25) is 0 Å². The average molecular weight is 1150 g/mol. The fourth-order valence-electron chi connectivity index (χ4n) is 9.45. The molecular formula is C68H123O11P. The number of carbonyl (C=O) groups is 3. The van der Waals surface area contributed by atoms with Crippen molar-refractivity contribution in [2.75, 3.05) is 26.4 Å². The molecule has 0 bridgehead atoms. The molecule has 3 atom stereocenters. The van der Waals surface area contributed by atoms with Crippen molar-refractivity contribution in [3.05, 3.63) is 60.8 Å². The van der Waals surface area contributed by atoms with E-state index < -0.39 is 57.8 Å². The summed E-state index contributed by atoms with van der Waals surface area (Å²) in [6.45, 7) is 4.57. The Hall–Kier alpha value is -2.82. The summed E-state index contributed by atoms with van der Waals surface area (Å²) in [6.07, 6.45) is 70.3. The molecule has 0 aliphatic carbocycles. The summed E-state index contributed by atoms with van der Waals surface area (Å²) in [5.41, 5.74) is 0. The van der Waals surface area contributed by atoms with Crippen LogP contribution in [-0.4, -0.2) is 66.5 Å². The maximum atomic E-state index is 13.0. The van der Waals surface area contributed by atoms with Crippen molar-refractivity contribution < 1.29 is 52.2 Å². The fraction of sp³-hybridized carbons (Fsp3) is 0.809. The number of ether oxygens (including phenoxy) is 3. The SMILES string of the molecule is CC/C=C\C/C=C\C/C=C\C/C=C\C/C=C\CCCCCC(=O)OCC(COP(=O)(O)OCC(CO)OC(=O)CCCCCCCCCCCCCCCCCCC)OC(=O)CCCCCCCCCCCCCCCCCCC. The van der Waals surface area contributed by atoms with Crippen LogP contribution in [0.4, 0.5) is 0 Å². The zero-order chi connectivity index (χ0) is 58.3. The van der Waals surface area contributed by atoms with Gasteiger partial charge >= 0.3 is 25.7 Å². The Morgan fingerprint density at radius 2 is 0.650 bits per heavy atom. The summed E-state index contributed by atoms with van der Waals surface area (Å²) in [4.78, 5) is 48.8. The van der Waals surface area contributed by atoms with Crippen LogP contribution in [0.3, 0.4) is 0 Å². The molecule has 0 aromatic heterocycles. The first-order chi connectivity index (χ1) is 39.2. The van der Waals surface area contributed by atoms with Gasteiger partial charge in [-0.2, -0.15) is 0 Å². The maximum absolute atomic E-state index is 13.0. The molecule has 0 amide bonds. The fourth-order valence-corrected chi connectivity index (χ4v) is 10.2. The summed E-state index contributed by atoms with van der Waals surface area (Å²) in [7, 11) is -4.76. The van der Waals surface area contributed by atoms with Crippen molar-refractivity contribution in [1.29, 1.82) is 0 Å². The number of phosphoric acid groups is 1. The van der Waals surface area contributed by atoms with E-state index in [1.807, 2.05) is 0 Å². The molecule has 0 rings (SSSR count). The highest BCUT2D eigenvalue weighted by atomic mass is 31.2. The second-order valence-electron chi connectivity index (χ2n) is 22.3. The lowest BCUT2D eigenvalue weighted by atomic mass is 10.0. The molecule has 0 saturated heterocycles. The molecule has 466 valence electrons. The standard InChI is InChI=1S/C68H123O11P/c1-4-7-10-13-16-19-22-25-28-31-32-35-36-39-42-45-48-51-54-57-66(70)75-61-65(79-68(72)59-56-53-50-47-44-41-38-34-30-27-24-21-18-15-12-9-6-3)63-77-80(73,74)76-62-64(60-69)78-67(71)58-55-52-49-46-43-40-37-33-29-26-23-20-17-14-11-8-5-2/h7,10,16,19,25,28,32,35,39,42,64-65,69H,4-6,8-9,11-15,17-18,20-24,26-27,29-31,33-34,36-38,40-41,43-63H2,1-3H3,(H,73,74)/b10-7-,19-16-,28-25-,35-32-,42-39-. The van der Waals surface area contributed by atoms with E-state index in [-0.39, 0.29) is 25.9 Å². The minimum Gasteiger partial charge on any atom is -0.462 e. The Balaban J connectivity index is 4.70. The first-order valence-corrected chi connectivity index (χ1v) is 34.7. The van der Waals surface area contributed by atoms with Crippen LogP contribution >= 0.6 is 7.82 Å². The Kier molecular flexibility index (Phi) is 60.0. The Labute approximate surface area is 491 Å². The lowest BCUT2D eigenvalue weighted by Gasteiger charge is -2.21. The molecule has 0 spiro atoms. The van der Waals surface area contributed by atoms with Gasteiger partial charge in [-0.3, -0.25) is 23.4 Å². The Bertz CT molecular complexity index is 1570. The van der Waals surface area contributed by atoms with E-state index in [2.05, 4.69) is 81.5 Å². The first-order valence-electron chi connectivity index (χ1n) is 33.2. The number of hydrogen-bond acceptors (Lipinski definition) is 10. The lowest BCUT2D eigenvalue weighted by molar-refractivity contribution is -0.161. The summed E-state index contributed by atoms with van der Waals surface area (Å²) in [6, 6.07) is 0. The number of hydrogen-bond donors (Lipinski definition) is 2. The van der Waals surface area contributed by atoms with Gasteiger partial charge in [0, 0.05) is 19.3 Å². The van der Waals surface area contributed by atoms with Gasteiger partial charge in [-0.25, -0.2) is 4.57 Å². The van der Waals surface area contributed by atoms with Gasteiger partial charge in [0.2, 0.25) is 0 Å². The van der Waals surface area contributed by atoms with E-state index >= 15 is 0 Å². The number of aliphatic hydroxyl groups is 1. The largest absolute Gasteiger partial charge is 0.472 e. The second kappa shape index (κ2) is 62.2. The molecule has 0 heterocycles. The number of carbonyl (C=O) groups excluding carboxylic acids is 3. The highest BCUT2D eigenvalue weighted by Crippen LogP contribution is 2.43. The molecular weight excluding hydrogens is 1020 g/mol. The van der Waals surface area contributed by atoms with Crippen molar-refractivity contribution >= 4 is 25.7 Å². The third kappa shape index (κ3) is 59.8. The van der Waals surface area contributed by atoms with Gasteiger partial charge in [-0.1, -0.05) is 293 Å². The van der Waals surface area contributed by atoms with E-state index in [1.165, 1.54) is 167 Å². The highest BCUT2D eigenvalue weighted by molar-refractivity contribution is 7.47. The predicted octanol–water partition coefficient (Wildman–Crippen LogP) is 20.3. The molecule has 80 heavy (non-hydrogen) atoms. The van der Waals surface area contributed by atoms with Crippen LogP contribution in [0, 0.1) is 0 Å². The van der Waals surface area contributed by atoms with Crippen LogP contribution < -0.4 is 0 Å². The van der Waals surface area contributed by atoms with Gasteiger partial charge in [0.1, 0.15) is 12.7 Å². The minimum atomic E-state index is -4.76. The maximum Gasteiger partial charge on any atom is 0.472 e. The molecule has 0 aromatic carbocycles. The van der Waals surface area contributed by atoms with Crippen molar-refractivity contribution in [2.45, 2.75) is 328 Å². The van der Waals surface area contributed by atoms with Crippen molar-refractivity contribution in [3.63, 3.8) is 0 Å². The number of esters is 3. The third-order valence-electron chi connectivity index (χ3n) is 14.5. The molecule has 0 fully saturated rings. The number of phosphoric ester groups is 1. The van der Waals surface area contributed by atoms with Crippen molar-refractivity contribution in [3.8, 4) is 0 Å². The summed E-state index contributed by atoms with van der Waals surface area (Å²) >= 11 is 0. The first kappa shape index (κ1) is 77.2. The quantitative estimate of drug-likeness (QED) is 0.0197. The van der Waals surface area contributed by atoms with E-state index in [0.29, 0.717) is 19.3 Å². The minimum absolute atomic E-state index is 0.164. The smallest absolute Gasteiger partial charge is 0.462 e. The third-order valence-corrected chi connectivity index (χ3v) is 15.4. The van der Waals surface area contributed by atoms with Crippen LogP contribution in [0.1, 0.15) is 316 Å². The van der Waals surface area contributed by atoms with Crippen molar-refractivity contribution in [1.82, 2.24) is 0 Å². The van der Waals surface area contributed by atoms with E-state index in [0.717, 1.165) is 89.9 Å². The van der Waals surface area contributed by atoms with Gasteiger partial charge in [0.15, 0.2) is 6.10 Å². The molecule has 0 aliphatic rings. The van der Waals surface area contributed by atoms with Gasteiger partial charge in [0.05, 0.1) is 19.8 Å². The number of rotatable bonds is 62. The summed E-state index contributed by atoms with van der Waals surface area (Å²) < 4.78 is 39.7. The molecule has 11 nitrogen and oxygen atoms in total. The van der Waals surface area contributed by atoms with Gasteiger partial charge in [-0.15, -0.1) is 0 Å². The molecule has 0 saturated carbocycles.